The number of amides is 3. The summed E-state index contributed by atoms with van der Waals surface area (Å²) in [6.07, 6.45) is 1.10. The Hall–Kier alpha value is -3.02. The standard InChI is InChI=1S/C21H23N3O3/c1-14-7-8-15(2)17(13-14)22-20(26)24-11-9-21(10-12-24)23-19(25)16-5-3-4-6-18(16)27-21/h3-8,13H,9-12H2,1-2H3,(H,22,26)(H,23,25). The molecule has 2 aliphatic rings. The molecule has 0 bridgehead atoms. The Balaban J connectivity index is 1.43. The Kier molecular flexibility index (Phi) is 4.26. The third-order valence-electron chi connectivity index (χ3n) is 5.27. The number of aryl methyl sites for hydroxylation is 2. The Labute approximate surface area is 158 Å². The molecule has 0 saturated carbocycles. The van der Waals surface area contributed by atoms with Crippen LogP contribution in [0.5, 0.6) is 5.75 Å². The minimum absolute atomic E-state index is 0.120. The lowest BCUT2D eigenvalue weighted by molar-refractivity contribution is -0.0203. The van der Waals surface area contributed by atoms with Crippen molar-refractivity contribution in [1.82, 2.24) is 10.2 Å². The lowest BCUT2D eigenvalue weighted by Gasteiger charge is -2.44. The maximum Gasteiger partial charge on any atom is 0.321 e. The van der Waals surface area contributed by atoms with Gasteiger partial charge in [-0.1, -0.05) is 24.3 Å². The van der Waals surface area contributed by atoms with Crippen LogP contribution in [0.1, 0.15) is 34.3 Å². The number of carbonyl (C=O) groups excluding carboxylic acids is 2. The molecule has 2 heterocycles. The highest BCUT2D eigenvalue weighted by Crippen LogP contribution is 2.33. The van der Waals surface area contributed by atoms with E-state index >= 15 is 0 Å². The summed E-state index contributed by atoms with van der Waals surface area (Å²) < 4.78 is 6.12. The first-order valence-corrected chi connectivity index (χ1v) is 9.20. The molecule has 6 heteroatoms. The van der Waals surface area contributed by atoms with E-state index in [-0.39, 0.29) is 11.9 Å². The van der Waals surface area contributed by atoms with Crippen LogP contribution in [0.15, 0.2) is 42.5 Å². The van der Waals surface area contributed by atoms with Crippen molar-refractivity contribution < 1.29 is 14.3 Å². The molecule has 2 aromatic rings. The molecule has 6 nitrogen and oxygen atoms in total. The number of rotatable bonds is 1. The fourth-order valence-electron chi connectivity index (χ4n) is 3.62. The Morgan fingerprint density at radius 1 is 1.15 bits per heavy atom. The van der Waals surface area contributed by atoms with Crippen LogP contribution in [0, 0.1) is 13.8 Å². The number of fused-ring (bicyclic) bond motifs is 1. The van der Waals surface area contributed by atoms with E-state index in [4.69, 9.17) is 4.74 Å². The van der Waals surface area contributed by atoms with Gasteiger partial charge in [-0.2, -0.15) is 0 Å². The Morgan fingerprint density at radius 2 is 1.89 bits per heavy atom. The van der Waals surface area contributed by atoms with Crippen LogP contribution < -0.4 is 15.4 Å². The number of piperidine rings is 1. The number of carbonyl (C=O) groups is 2. The van der Waals surface area contributed by atoms with Crippen molar-refractivity contribution in [3.8, 4) is 5.75 Å². The molecule has 140 valence electrons. The largest absolute Gasteiger partial charge is 0.467 e. The van der Waals surface area contributed by atoms with Gasteiger partial charge in [-0.05, 0) is 43.2 Å². The number of para-hydroxylation sites is 1. The number of likely N-dealkylation sites (tertiary alicyclic amines) is 1. The fraction of sp³-hybridized carbons (Fsp3) is 0.333. The highest BCUT2D eigenvalue weighted by molar-refractivity contribution is 5.98. The normalized spacial score (nSPS) is 17.7. The minimum Gasteiger partial charge on any atom is -0.467 e. The molecule has 27 heavy (non-hydrogen) atoms. The van der Waals surface area contributed by atoms with Gasteiger partial charge in [-0.3, -0.25) is 4.79 Å². The van der Waals surface area contributed by atoms with Gasteiger partial charge in [0.25, 0.3) is 5.91 Å². The van der Waals surface area contributed by atoms with Crippen molar-refractivity contribution in [2.75, 3.05) is 18.4 Å². The van der Waals surface area contributed by atoms with Crippen molar-refractivity contribution >= 4 is 17.6 Å². The number of nitrogens with zero attached hydrogens (tertiary/aromatic N) is 1. The van der Waals surface area contributed by atoms with Crippen molar-refractivity contribution in [2.45, 2.75) is 32.4 Å². The summed E-state index contributed by atoms with van der Waals surface area (Å²) in [4.78, 5) is 26.8. The molecule has 2 N–H and O–H groups in total. The van der Waals surface area contributed by atoms with E-state index in [1.54, 1.807) is 11.0 Å². The highest BCUT2D eigenvalue weighted by Gasteiger charge is 2.43. The van der Waals surface area contributed by atoms with Gasteiger partial charge in [0.05, 0.1) is 5.56 Å². The molecule has 2 aromatic carbocycles. The van der Waals surface area contributed by atoms with Gasteiger partial charge >= 0.3 is 6.03 Å². The first-order chi connectivity index (χ1) is 13.0. The van der Waals surface area contributed by atoms with Crippen molar-refractivity contribution in [3.63, 3.8) is 0 Å². The molecule has 3 amide bonds. The monoisotopic (exact) mass is 365 g/mol. The summed E-state index contributed by atoms with van der Waals surface area (Å²) in [5.41, 5.74) is 2.78. The first kappa shape index (κ1) is 17.4. The Morgan fingerprint density at radius 3 is 2.67 bits per heavy atom. The van der Waals surface area contributed by atoms with Crippen LogP contribution in [0.4, 0.5) is 10.5 Å². The van der Waals surface area contributed by atoms with Gasteiger partial charge in [-0.25, -0.2) is 4.79 Å². The number of anilines is 1. The minimum atomic E-state index is -0.735. The molecule has 4 rings (SSSR count). The summed E-state index contributed by atoms with van der Waals surface area (Å²) >= 11 is 0. The van der Waals surface area contributed by atoms with Crippen LogP contribution in [0.25, 0.3) is 0 Å². The number of hydrogen-bond donors (Lipinski definition) is 2. The number of nitrogens with one attached hydrogen (secondary N) is 2. The molecular weight excluding hydrogens is 342 g/mol. The maximum atomic E-state index is 12.7. The van der Waals surface area contributed by atoms with E-state index in [1.807, 2.05) is 50.2 Å². The molecule has 0 aliphatic carbocycles. The highest BCUT2D eigenvalue weighted by atomic mass is 16.5. The second-order valence-corrected chi connectivity index (χ2v) is 7.28. The summed E-state index contributed by atoms with van der Waals surface area (Å²) in [5, 5.41) is 5.99. The average molecular weight is 365 g/mol. The zero-order valence-electron chi connectivity index (χ0n) is 15.5. The van der Waals surface area contributed by atoms with E-state index in [0.29, 0.717) is 37.2 Å². The maximum absolute atomic E-state index is 12.7. The number of urea groups is 1. The van der Waals surface area contributed by atoms with Gasteiger partial charge in [-0.15, -0.1) is 0 Å². The van der Waals surface area contributed by atoms with Gasteiger partial charge in [0, 0.05) is 31.6 Å². The van der Waals surface area contributed by atoms with E-state index in [1.165, 1.54) is 0 Å². The van der Waals surface area contributed by atoms with Crippen LogP contribution >= 0.6 is 0 Å². The Bertz CT molecular complexity index is 901. The number of hydrogen-bond acceptors (Lipinski definition) is 3. The molecule has 0 atom stereocenters. The summed E-state index contributed by atoms with van der Waals surface area (Å²) in [5.74, 6) is 0.486. The van der Waals surface area contributed by atoms with E-state index < -0.39 is 5.72 Å². The molecule has 0 aromatic heterocycles. The van der Waals surface area contributed by atoms with E-state index in [9.17, 15) is 9.59 Å². The van der Waals surface area contributed by atoms with E-state index in [2.05, 4.69) is 10.6 Å². The SMILES string of the molecule is Cc1ccc(C)c(NC(=O)N2CCC3(CC2)NC(=O)c2ccccc2O3)c1. The van der Waals surface area contributed by atoms with Crippen LogP contribution in [0.2, 0.25) is 0 Å². The molecule has 1 fully saturated rings. The van der Waals surface area contributed by atoms with Gasteiger partial charge in [0.15, 0.2) is 5.72 Å². The second-order valence-electron chi connectivity index (χ2n) is 7.28. The van der Waals surface area contributed by atoms with Gasteiger partial charge < -0.3 is 20.3 Å². The smallest absolute Gasteiger partial charge is 0.321 e. The predicted molar refractivity (Wildman–Crippen MR) is 103 cm³/mol. The van der Waals surface area contributed by atoms with Crippen LogP contribution in [-0.4, -0.2) is 35.7 Å². The fourth-order valence-corrected chi connectivity index (χ4v) is 3.62. The topological polar surface area (TPSA) is 70.7 Å². The van der Waals surface area contributed by atoms with Crippen molar-refractivity contribution in [1.29, 1.82) is 0 Å². The molecule has 0 unspecified atom stereocenters. The first-order valence-electron chi connectivity index (χ1n) is 9.20. The molecular formula is C21H23N3O3. The third kappa shape index (κ3) is 3.35. The lowest BCUT2D eigenvalue weighted by Crippen LogP contribution is -2.61. The van der Waals surface area contributed by atoms with Gasteiger partial charge in [0.2, 0.25) is 0 Å². The predicted octanol–water partition coefficient (Wildman–Crippen LogP) is 3.45. The van der Waals surface area contributed by atoms with Gasteiger partial charge in [0.1, 0.15) is 5.75 Å². The molecule has 1 saturated heterocycles. The number of benzene rings is 2. The van der Waals surface area contributed by atoms with Crippen LogP contribution in [-0.2, 0) is 0 Å². The summed E-state index contributed by atoms with van der Waals surface area (Å²) in [6, 6.07) is 13.1. The quantitative estimate of drug-likeness (QED) is 0.813. The van der Waals surface area contributed by atoms with Crippen molar-refractivity contribution in [3.05, 3.63) is 59.2 Å². The molecule has 0 radical (unpaired) electrons. The van der Waals surface area contributed by atoms with Crippen molar-refractivity contribution in [2.24, 2.45) is 0 Å². The summed E-state index contributed by atoms with van der Waals surface area (Å²) in [6.45, 7) is 5.00. The summed E-state index contributed by atoms with van der Waals surface area (Å²) in [7, 11) is 0. The zero-order chi connectivity index (χ0) is 19.0. The third-order valence-corrected chi connectivity index (χ3v) is 5.27. The lowest BCUT2D eigenvalue weighted by atomic mass is 9.97. The van der Waals surface area contributed by atoms with E-state index in [0.717, 1.165) is 16.8 Å². The molecule has 1 spiro atoms. The zero-order valence-corrected chi connectivity index (χ0v) is 15.5. The average Bonchev–Trinajstić information content (AvgIpc) is 2.65. The van der Waals surface area contributed by atoms with Crippen LogP contribution in [0.3, 0.4) is 0 Å². The second kappa shape index (κ2) is 6.61. The number of ether oxygens (including phenoxy) is 1. The molecule has 2 aliphatic heterocycles.